The highest BCUT2D eigenvalue weighted by Gasteiger charge is 2.40. The largest absolute Gasteiger partial charge is 0.393 e. The van der Waals surface area contributed by atoms with Gasteiger partial charge in [0.15, 0.2) is 0 Å². The Morgan fingerprint density at radius 2 is 1.62 bits per heavy atom. The zero-order valence-electron chi connectivity index (χ0n) is 15.9. The second kappa shape index (κ2) is 10.8. The lowest BCUT2D eigenvalue weighted by Gasteiger charge is -2.24. The Morgan fingerprint density at radius 1 is 1.00 bits per heavy atom. The predicted molar refractivity (Wildman–Crippen MR) is 103 cm³/mol. The van der Waals surface area contributed by atoms with Crippen LogP contribution in [0.4, 0.5) is 0 Å². The molecule has 1 saturated carbocycles. The summed E-state index contributed by atoms with van der Waals surface area (Å²) in [6, 6.07) is 9.61. The van der Waals surface area contributed by atoms with E-state index >= 15 is 0 Å². The van der Waals surface area contributed by atoms with E-state index < -0.39 is 18.3 Å². The molecule has 0 amide bonds. The zero-order valence-corrected chi connectivity index (χ0v) is 15.9. The highest BCUT2D eigenvalue weighted by atomic mass is 16.3. The number of hydrogen-bond donors (Lipinski definition) is 3. The average molecular weight is 363 g/mol. The molecule has 4 heteroatoms. The average Bonchev–Trinajstić information content (AvgIpc) is 2.89. The summed E-state index contributed by atoms with van der Waals surface area (Å²) in [7, 11) is 0. The maximum absolute atomic E-state index is 11.0. The molecule has 1 fully saturated rings. The summed E-state index contributed by atoms with van der Waals surface area (Å²) >= 11 is 0. The smallest absolute Gasteiger partial charge is 0.129 e. The molecule has 0 heterocycles. The van der Waals surface area contributed by atoms with Gasteiger partial charge < -0.3 is 20.1 Å². The number of carbonyl (C=O) groups excluding carboxylic acids is 1. The van der Waals surface area contributed by atoms with E-state index in [9.17, 15) is 20.1 Å². The summed E-state index contributed by atoms with van der Waals surface area (Å²) in [5.41, 5.74) is 0.905. The molecule has 3 N–H and O–H groups in total. The van der Waals surface area contributed by atoms with Gasteiger partial charge in [0.25, 0.3) is 0 Å². The van der Waals surface area contributed by atoms with Crippen molar-refractivity contribution in [2.45, 2.75) is 83.0 Å². The number of Topliss-reactive ketones (excluding diaryl/α,β-unsaturated/α-hetero) is 1. The summed E-state index contributed by atoms with van der Waals surface area (Å²) in [5.74, 6) is 0.415. The molecule has 0 bridgehead atoms. The first kappa shape index (κ1) is 21.1. The number of aliphatic hydroxyl groups excluding tert-OH is 3. The van der Waals surface area contributed by atoms with E-state index in [4.69, 9.17) is 0 Å². The molecule has 0 spiro atoms. The van der Waals surface area contributed by atoms with Crippen molar-refractivity contribution >= 4 is 5.78 Å². The Labute approximate surface area is 157 Å². The molecule has 0 aliphatic heterocycles. The lowest BCUT2D eigenvalue weighted by molar-refractivity contribution is -0.117. The van der Waals surface area contributed by atoms with Crippen LogP contribution >= 0.6 is 0 Å². The number of benzene rings is 1. The molecule has 1 aromatic carbocycles. The first-order valence-corrected chi connectivity index (χ1v) is 10.1. The zero-order chi connectivity index (χ0) is 18.9. The molecular formula is C22H34O4. The molecule has 5 atom stereocenters. The topological polar surface area (TPSA) is 77.8 Å². The lowest BCUT2D eigenvalue weighted by atomic mass is 9.84. The third-order valence-electron chi connectivity index (χ3n) is 5.80. The standard InChI is InChI=1S/C22H34O4/c1-16(23)9-5-2-3-8-12-18-19(22(26)15-21(18)25)13-14-20(24)17-10-6-4-7-11-17/h4,6-7,10-11,18-22,24-26H,2-3,5,8-9,12-15H2,1H3/t18-,19-,20?,21+,22-/m1/s1. The Hall–Kier alpha value is -1.23. The van der Waals surface area contributed by atoms with E-state index in [-0.39, 0.29) is 17.6 Å². The fourth-order valence-corrected chi connectivity index (χ4v) is 4.28. The normalized spacial score (nSPS) is 26.8. The fraction of sp³-hybridized carbons (Fsp3) is 0.682. The number of unbranched alkanes of at least 4 members (excludes halogenated alkanes) is 3. The van der Waals surface area contributed by atoms with Gasteiger partial charge in [-0.25, -0.2) is 0 Å². The molecule has 1 unspecified atom stereocenters. The highest BCUT2D eigenvalue weighted by molar-refractivity contribution is 5.75. The van der Waals surface area contributed by atoms with Crippen LogP contribution in [0.5, 0.6) is 0 Å². The van der Waals surface area contributed by atoms with Gasteiger partial charge in [0.05, 0.1) is 18.3 Å². The van der Waals surface area contributed by atoms with Crippen molar-refractivity contribution in [1.29, 1.82) is 0 Å². The summed E-state index contributed by atoms with van der Waals surface area (Å²) in [4.78, 5) is 11.0. The molecular weight excluding hydrogens is 328 g/mol. The van der Waals surface area contributed by atoms with Crippen molar-refractivity contribution in [3.8, 4) is 0 Å². The van der Waals surface area contributed by atoms with Crippen LogP contribution < -0.4 is 0 Å². The molecule has 0 saturated heterocycles. The lowest BCUT2D eigenvalue weighted by Crippen LogP contribution is -2.23. The van der Waals surface area contributed by atoms with Gasteiger partial charge in [-0.2, -0.15) is 0 Å². The van der Waals surface area contributed by atoms with Crippen molar-refractivity contribution in [3.05, 3.63) is 35.9 Å². The third kappa shape index (κ3) is 6.49. The minimum absolute atomic E-state index is 0.0561. The van der Waals surface area contributed by atoms with Crippen LogP contribution in [0.25, 0.3) is 0 Å². The fourth-order valence-electron chi connectivity index (χ4n) is 4.28. The van der Waals surface area contributed by atoms with E-state index in [1.807, 2.05) is 30.3 Å². The molecule has 2 rings (SSSR count). The third-order valence-corrected chi connectivity index (χ3v) is 5.80. The number of aliphatic hydroxyl groups is 3. The predicted octanol–water partition coefficient (Wildman–Crippen LogP) is 3.79. The van der Waals surface area contributed by atoms with Crippen LogP contribution in [-0.4, -0.2) is 33.3 Å². The maximum Gasteiger partial charge on any atom is 0.129 e. The maximum atomic E-state index is 11.0. The van der Waals surface area contributed by atoms with Crippen LogP contribution in [-0.2, 0) is 4.79 Å². The molecule has 0 aromatic heterocycles. The van der Waals surface area contributed by atoms with Crippen molar-refractivity contribution < 1.29 is 20.1 Å². The monoisotopic (exact) mass is 362 g/mol. The van der Waals surface area contributed by atoms with Gasteiger partial charge in [-0.1, -0.05) is 49.6 Å². The number of carbonyl (C=O) groups is 1. The molecule has 26 heavy (non-hydrogen) atoms. The van der Waals surface area contributed by atoms with E-state index in [1.54, 1.807) is 6.92 Å². The molecule has 0 radical (unpaired) electrons. The van der Waals surface area contributed by atoms with Crippen LogP contribution in [0.15, 0.2) is 30.3 Å². The van der Waals surface area contributed by atoms with Gasteiger partial charge in [0.1, 0.15) is 5.78 Å². The van der Waals surface area contributed by atoms with E-state index in [0.717, 1.165) is 44.1 Å². The molecule has 1 aliphatic carbocycles. The second-order valence-electron chi connectivity index (χ2n) is 7.86. The van der Waals surface area contributed by atoms with Gasteiger partial charge in [0, 0.05) is 6.42 Å². The van der Waals surface area contributed by atoms with Crippen molar-refractivity contribution in [2.75, 3.05) is 0 Å². The van der Waals surface area contributed by atoms with Gasteiger partial charge in [-0.05, 0) is 56.4 Å². The van der Waals surface area contributed by atoms with E-state index in [1.165, 1.54) is 0 Å². The second-order valence-corrected chi connectivity index (χ2v) is 7.86. The quantitative estimate of drug-likeness (QED) is 0.523. The van der Waals surface area contributed by atoms with Crippen molar-refractivity contribution in [2.24, 2.45) is 11.8 Å². The number of rotatable bonds is 11. The minimum atomic E-state index is -0.520. The Bertz CT molecular complexity index is 530. The SMILES string of the molecule is CC(=O)CCCCCC[C@@H]1[C@@H](CCC(O)c2ccccc2)[C@H](O)C[C@@H]1O. The highest BCUT2D eigenvalue weighted by Crippen LogP contribution is 2.40. The Morgan fingerprint density at radius 3 is 2.27 bits per heavy atom. The van der Waals surface area contributed by atoms with Crippen LogP contribution in [0.3, 0.4) is 0 Å². The molecule has 4 nitrogen and oxygen atoms in total. The molecule has 146 valence electrons. The van der Waals surface area contributed by atoms with Crippen LogP contribution in [0.2, 0.25) is 0 Å². The van der Waals surface area contributed by atoms with Gasteiger partial charge in [0.2, 0.25) is 0 Å². The Balaban J connectivity index is 1.76. The van der Waals surface area contributed by atoms with Crippen LogP contribution in [0, 0.1) is 11.8 Å². The summed E-state index contributed by atoms with van der Waals surface area (Å²) < 4.78 is 0. The van der Waals surface area contributed by atoms with Crippen molar-refractivity contribution in [3.63, 3.8) is 0 Å². The van der Waals surface area contributed by atoms with Crippen LogP contribution in [0.1, 0.15) is 76.4 Å². The number of ketones is 1. The van der Waals surface area contributed by atoms with Gasteiger partial charge in [-0.3, -0.25) is 0 Å². The van der Waals surface area contributed by atoms with E-state index in [2.05, 4.69) is 0 Å². The number of hydrogen-bond acceptors (Lipinski definition) is 4. The molecule has 1 aliphatic rings. The summed E-state index contributed by atoms with van der Waals surface area (Å²) in [6.07, 6.45) is 5.97. The molecule has 1 aromatic rings. The van der Waals surface area contributed by atoms with Gasteiger partial charge >= 0.3 is 0 Å². The van der Waals surface area contributed by atoms with Gasteiger partial charge in [-0.15, -0.1) is 0 Å². The first-order valence-electron chi connectivity index (χ1n) is 10.1. The summed E-state index contributed by atoms with van der Waals surface area (Å²) in [6.45, 7) is 1.63. The van der Waals surface area contributed by atoms with E-state index in [0.29, 0.717) is 19.3 Å². The Kier molecular flexibility index (Phi) is 8.76. The van der Waals surface area contributed by atoms with Crippen molar-refractivity contribution in [1.82, 2.24) is 0 Å². The minimum Gasteiger partial charge on any atom is -0.393 e. The summed E-state index contributed by atoms with van der Waals surface area (Å²) in [5, 5.41) is 31.0. The first-order chi connectivity index (χ1) is 12.5.